The molecule has 1 aliphatic rings. The van der Waals surface area contributed by atoms with Crippen LogP contribution >= 0.6 is 15.9 Å². The topological polar surface area (TPSA) is 62.1 Å². The van der Waals surface area contributed by atoms with Crippen LogP contribution in [0.1, 0.15) is 27.8 Å². The third kappa shape index (κ3) is 4.39. The highest BCUT2D eigenvalue weighted by molar-refractivity contribution is 9.10. The number of hydrogen-bond donors (Lipinski definition) is 1. The second-order valence-electron chi connectivity index (χ2n) is 7.02. The first-order valence-electron chi connectivity index (χ1n) is 9.41. The van der Waals surface area contributed by atoms with Crippen LogP contribution in [-0.2, 0) is 17.6 Å². The number of carbonyl (C=O) groups excluding carboxylic acids is 1. The molecular formula is C24H14BrF3N2O2. The molecule has 0 fully saturated rings. The molecule has 0 unspecified atom stereocenters. The molecule has 0 saturated carbocycles. The first-order chi connectivity index (χ1) is 15.3. The van der Waals surface area contributed by atoms with Crippen molar-refractivity contribution >= 4 is 39.2 Å². The Hall–Kier alpha value is -3.57. The van der Waals surface area contributed by atoms with Crippen LogP contribution in [0, 0.1) is 11.3 Å². The van der Waals surface area contributed by atoms with Gasteiger partial charge in [0.25, 0.3) is 5.91 Å². The van der Waals surface area contributed by atoms with E-state index in [4.69, 9.17) is 4.74 Å². The summed E-state index contributed by atoms with van der Waals surface area (Å²) in [6.07, 6.45) is -2.88. The highest BCUT2D eigenvalue weighted by Gasteiger charge is 2.33. The van der Waals surface area contributed by atoms with E-state index in [0.29, 0.717) is 26.9 Å². The zero-order chi connectivity index (χ0) is 22.9. The van der Waals surface area contributed by atoms with Gasteiger partial charge in [0.05, 0.1) is 21.7 Å². The van der Waals surface area contributed by atoms with Gasteiger partial charge in [-0.25, -0.2) is 0 Å². The van der Waals surface area contributed by atoms with E-state index >= 15 is 0 Å². The van der Waals surface area contributed by atoms with Crippen molar-refractivity contribution in [2.45, 2.75) is 12.8 Å². The van der Waals surface area contributed by atoms with Gasteiger partial charge < -0.3 is 10.1 Å². The second-order valence-corrected chi connectivity index (χ2v) is 7.87. The van der Waals surface area contributed by atoms with Gasteiger partial charge in [0.1, 0.15) is 12.4 Å². The Morgan fingerprint density at radius 1 is 1.09 bits per heavy atom. The van der Waals surface area contributed by atoms with Crippen molar-refractivity contribution in [3.63, 3.8) is 0 Å². The smallest absolute Gasteiger partial charge is 0.416 e. The molecule has 0 spiro atoms. The van der Waals surface area contributed by atoms with Gasteiger partial charge >= 0.3 is 6.18 Å². The van der Waals surface area contributed by atoms with Gasteiger partial charge in [-0.1, -0.05) is 30.3 Å². The van der Waals surface area contributed by atoms with Gasteiger partial charge in [0, 0.05) is 22.4 Å². The number of fused-ring (bicyclic) bond motifs is 1. The van der Waals surface area contributed by atoms with Crippen LogP contribution in [0.3, 0.4) is 0 Å². The van der Waals surface area contributed by atoms with E-state index < -0.39 is 17.6 Å². The van der Waals surface area contributed by atoms with E-state index in [1.165, 1.54) is 6.07 Å². The minimum absolute atomic E-state index is 0.131. The lowest BCUT2D eigenvalue weighted by atomic mass is 10.0. The summed E-state index contributed by atoms with van der Waals surface area (Å²) in [5.41, 5.74) is 1.95. The van der Waals surface area contributed by atoms with Gasteiger partial charge in [0.2, 0.25) is 0 Å². The van der Waals surface area contributed by atoms with Crippen molar-refractivity contribution in [2.24, 2.45) is 0 Å². The molecule has 0 aliphatic carbocycles. The molecule has 0 atom stereocenters. The average Bonchev–Trinajstić information content (AvgIpc) is 3.07. The molecule has 4 nitrogen and oxygen atoms in total. The van der Waals surface area contributed by atoms with E-state index in [1.54, 1.807) is 36.4 Å². The molecule has 160 valence electrons. The largest absolute Gasteiger partial charge is 0.488 e. The van der Waals surface area contributed by atoms with Crippen molar-refractivity contribution in [2.75, 3.05) is 5.32 Å². The van der Waals surface area contributed by atoms with Crippen molar-refractivity contribution < 1.29 is 22.7 Å². The maximum atomic E-state index is 12.9. The molecule has 1 aliphatic heterocycles. The van der Waals surface area contributed by atoms with Gasteiger partial charge in [0.15, 0.2) is 0 Å². The maximum absolute atomic E-state index is 12.9. The SMILES string of the molecule is N#Cc1ccccc1COc1ccc(/C=C2/C(=O)Nc3cc(C(F)(F)F)ccc32)cc1Br. The Morgan fingerprint density at radius 3 is 2.59 bits per heavy atom. The number of halogens is 4. The zero-order valence-electron chi connectivity index (χ0n) is 16.3. The predicted molar refractivity (Wildman–Crippen MR) is 118 cm³/mol. The summed E-state index contributed by atoms with van der Waals surface area (Å²) in [4.78, 5) is 12.3. The molecule has 0 bridgehead atoms. The number of nitrogens with one attached hydrogen (secondary N) is 1. The second kappa shape index (κ2) is 8.52. The average molecular weight is 499 g/mol. The monoisotopic (exact) mass is 498 g/mol. The van der Waals surface area contributed by atoms with Crippen molar-refractivity contribution in [3.8, 4) is 11.8 Å². The minimum atomic E-state index is -4.49. The number of alkyl halides is 3. The normalized spacial score (nSPS) is 14.1. The van der Waals surface area contributed by atoms with Gasteiger partial charge in [-0.3, -0.25) is 4.79 Å². The lowest BCUT2D eigenvalue weighted by molar-refractivity contribution is -0.137. The fourth-order valence-corrected chi connectivity index (χ4v) is 3.83. The molecule has 1 heterocycles. The van der Waals surface area contributed by atoms with Gasteiger partial charge in [-0.15, -0.1) is 0 Å². The Bertz CT molecular complexity index is 1290. The zero-order valence-corrected chi connectivity index (χ0v) is 17.9. The quantitative estimate of drug-likeness (QED) is 0.422. The molecule has 3 aromatic rings. The summed E-state index contributed by atoms with van der Waals surface area (Å²) in [5.74, 6) is 0.0786. The number of nitrogens with zero attached hydrogens (tertiary/aromatic N) is 1. The van der Waals surface area contributed by atoms with Crippen LogP contribution in [0.15, 0.2) is 65.1 Å². The van der Waals surface area contributed by atoms with Crippen molar-refractivity contribution in [1.29, 1.82) is 5.26 Å². The maximum Gasteiger partial charge on any atom is 0.416 e. The Morgan fingerprint density at radius 2 is 1.88 bits per heavy atom. The Labute approximate surface area is 190 Å². The van der Waals surface area contributed by atoms with Gasteiger partial charge in [-0.2, -0.15) is 18.4 Å². The summed E-state index contributed by atoms with van der Waals surface area (Å²) in [6.45, 7) is 0.208. The summed E-state index contributed by atoms with van der Waals surface area (Å²) in [5, 5.41) is 11.7. The molecule has 0 saturated heterocycles. The third-order valence-corrected chi connectivity index (χ3v) is 5.54. The van der Waals surface area contributed by atoms with Crippen molar-refractivity contribution in [1.82, 2.24) is 0 Å². The fourth-order valence-electron chi connectivity index (χ4n) is 3.32. The molecule has 0 aromatic heterocycles. The van der Waals surface area contributed by atoms with E-state index in [-0.39, 0.29) is 17.9 Å². The Balaban J connectivity index is 1.56. The number of amides is 1. The fraction of sp³-hybridized carbons (Fsp3) is 0.0833. The van der Waals surface area contributed by atoms with E-state index in [2.05, 4.69) is 27.3 Å². The van der Waals surface area contributed by atoms with Crippen LogP contribution < -0.4 is 10.1 Å². The summed E-state index contributed by atoms with van der Waals surface area (Å²) < 4.78 is 45.2. The summed E-state index contributed by atoms with van der Waals surface area (Å²) in [6, 6.07) is 17.6. The molecule has 3 aromatic carbocycles. The van der Waals surface area contributed by atoms with Crippen LogP contribution in [0.2, 0.25) is 0 Å². The van der Waals surface area contributed by atoms with Crippen LogP contribution in [0.5, 0.6) is 5.75 Å². The first-order valence-corrected chi connectivity index (χ1v) is 10.2. The molecule has 0 radical (unpaired) electrons. The molecule has 32 heavy (non-hydrogen) atoms. The highest BCUT2D eigenvalue weighted by Crippen LogP contribution is 2.39. The first kappa shape index (κ1) is 21.7. The predicted octanol–water partition coefficient (Wildman–Crippen LogP) is 6.41. The number of ether oxygens (including phenoxy) is 1. The lowest BCUT2D eigenvalue weighted by Crippen LogP contribution is -2.06. The molecule has 1 amide bonds. The van der Waals surface area contributed by atoms with E-state index in [9.17, 15) is 23.2 Å². The van der Waals surface area contributed by atoms with Crippen LogP contribution in [-0.4, -0.2) is 5.91 Å². The minimum Gasteiger partial charge on any atom is -0.488 e. The summed E-state index contributed by atoms with van der Waals surface area (Å²) in [7, 11) is 0. The lowest BCUT2D eigenvalue weighted by Gasteiger charge is -2.10. The molecular weight excluding hydrogens is 485 g/mol. The highest BCUT2D eigenvalue weighted by atomic mass is 79.9. The number of nitriles is 1. The Kier molecular flexibility index (Phi) is 5.76. The van der Waals surface area contributed by atoms with Crippen LogP contribution in [0.25, 0.3) is 11.6 Å². The number of carbonyl (C=O) groups is 1. The van der Waals surface area contributed by atoms with E-state index in [0.717, 1.165) is 17.7 Å². The number of rotatable bonds is 4. The van der Waals surface area contributed by atoms with E-state index in [1.807, 2.05) is 12.1 Å². The van der Waals surface area contributed by atoms with Gasteiger partial charge in [-0.05, 0) is 57.9 Å². The number of benzene rings is 3. The standard InChI is InChI=1S/C24H14BrF3N2O2/c25-20-10-14(5-8-22(20)32-13-16-4-2-1-3-15(16)12-29)9-19-18-7-6-17(24(26,27)28)11-21(18)30-23(19)31/h1-11H,13H2,(H,30,31)/b19-9+. The molecule has 4 rings (SSSR count). The molecule has 1 N–H and O–H groups in total. The third-order valence-electron chi connectivity index (χ3n) is 4.92. The summed E-state index contributed by atoms with van der Waals surface area (Å²) >= 11 is 3.44. The molecule has 8 heteroatoms. The number of anilines is 1. The number of hydrogen-bond acceptors (Lipinski definition) is 3. The van der Waals surface area contributed by atoms with Crippen molar-refractivity contribution in [3.05, 3.63) is 93.0 Å². The van der Waals surface area contributed by atoms with Crippen LogP contribution in [0.4, 0.5) is 18.9 Å².